The van der Waals surface area contributed by atoms with Crippen molar-refractivity contribution >= 4 is 22.6 Å². The van der Waals surface area contributed by atoms with E-state index >= 15 is 0 Å². The lowest BCUT2D eigenvalue weighted by Crippen LogP contribution is -2.45. The van der Waals surface area contributed by atoms with Gasteiger partial charge in [0.05, 0.1) is 0 Å². The Morgan fingerprint density at radius 1 is 1.33 bits per heavy atom. The van der Waals surface area contributed by atoms with Gasteiger partial charge in [-0.2, -0.15) is 0 Å². The van der Waals surface area contributed by atoms with E-state index in [9.17, 15) is 0 Å². The second kappa shape index (κ2) is 5.16. The molecule has 1 aliphatic rings. The van der Waals surface area contributed by atoms with Gasteiger partial charge >= 0.3 is 0 Å². The fraction of sp³-hybridized carbons (Fsp3) is 0.500. The molecule has 1 fully saturated rings. The summed E-state index contributed by atoms with van der Waals surface area (Å²) in [6.07, 6.45) is 2.67. The first-order valence-corrected chi connectivity index (χ1v) is 6.83. The molecule has 0 bridgehead atoms. The molecule has 1 aliphatic carbocycles. The lowest BCUT2D eigenvalue weighted by molar-refractivity contribution is 0.0885. The molecule has 0 unspecified atom stereocenters. The molecule has 15 heavy (non-hydrogen) atoms. The third-order valence-corrected chi connectivity index (χ3v) is 3.76. The van der Waals surface area contributed by atoms with E-state index in [-0.39, 0.29) is 0 Å². The van der Waals surface area contributed by atoms with Crippen LogP contribution in [-0.4, -0.2) is 19.2 Å². The number of alkyl halides is 1. The van der Waals surface area contributed by atoms with Crippen LogP contribution in [-0.2, 0) is 4.43 Å². The quantitative estimate of drug-likeness (QED) is 0.681. The van der Waals surface area contributed by atoms with Crippen LogP contribution < -0.4 is 10.1 Å². The van der Waals surface area contributed by atoms with Gasteiger partial charge in [-0.1, -0.05) is 34.7 Å². The summed E-state index contributed by atoms with van der Waals surface area (Å²) in [6.45, 7) is 0. The summed E-state index contributed by atoms with van der Waals surface area (Å²) in [5.41, 5.74) is 1.35. The summed E-state index contributed by atoms with van der Waals surface area (Å²) in [7, 11) is 2.01. The van der Waals surface area contributed by atoms with Crippen molar-refractivity contribution in [2.45, 2.75) is 29.4 Å². The highest BCUT2D eigenvalue weighted by molar-refractivity contribution is 14.1. The molecule has 0 saturated heterocycles. The van der Waals surface area contributed by atoms with Crippen LogP contribution in [0.4, 0.5) is 0 Å². The maximum Gasteiger partial charge on any atom is 0.119 e. The van der Waals surface area contributed by atoms with E-state index < -0.39 is 0 Å². The molecule has 0 aliphatic heterocycles. The van der Waals surface area contributed by atoms with Gasteiger partial charge < -0.3 is 10.1 Å². The molecule has 2 rings (SSSR count). The number of rotatable bonds is 4. The van der Waals surface area contributed by atoms with Gasteiger partial charge in [-0.05, 0) is 37.6 Å². The molecular weight excluding hydrogens is 301 g/mol. The predicted octanol–water partition coefficient (Wildman–Crippen LogP) is 2.75. The molecule has 2 nitrogen and oxygen atoms in total. The molecule has 82 valence electrons. The minimum Gasteiger partial charge on any atom is -0.490 e. The maximum absolute atomic E-state index is 5.84. The Labute approximate surface area is 105 Å². The molecule has 0 amide bonds. The second-order valence-electron chi connectivity index (χ2n) is 3.97. The SMILES string of the molecule is CNC1CC(Oc2ccc(CI)cc2)C1. The topological polar surface area (TPSA) is 21.3 Å². The smallest absolute Gasteiger partial charge is 0.119 e. The Bertz CT molecular complexity index is 306. The molecule has 0 aromatic heterocycles. The van der Waals surface area contributed by atoms with Crippen molar-refractivity contribution in [3.05, 3.63) is 29.8 Å². The molecule has 0 atom stereocenters. The van der Waals surface area contributed by atoms with Gasteiger partial charge in [0.1, 0.15) is 11.9 Å². The summed E-state index contributed by atoms with van der Waals surface area (Å²) >= 11 is 2.37. The van der Waals surface area contributed by atoms with Crippen molar-refractivity contribution in [2.75, 3.05) is 7.05 Å². The number of hydrogen-bond acceptors (Lipinski definition) is 2. The van der Waals surface area contributed by atoms with E-state index in [4.69, 9.17) is 4.74 Å². The third kappa shape index (κ3) is 2.84. The van der Waals surface area contributed by atoms with Crippen LogP contribution in [0.3, 0.4) is 0 Å². The Balaban J connectivity index is 1.84. The fourth-order valence-corrected chi connectivity index (χ4v) is 2.26. The van der Waals surface area contributed by atoms with Crippen LogP contribution in [0.2, 0.25) is 0 Å². The van der Waals surface area contributed by atoms with Crippen molar-refractivity contribution in [2.24, 2.45) is 0 Å². The van der Waals surface area contributed by atoms with E-state index in [2.05, 4.69) is 52.2 Å². The molecule has 0 radical (unpaired) electrons. The lowest BCUT2D eigenvalue weighted by atomic mass is 9.89. The van der Waals surface area contributed by atoms with Gasteiger partial charge in [-0.25, -0.2) is 0 Å². The number of hydrogen-bond donors (Lipinski definition) is 1. The average Bonchev–Trinajstić information content (AvgIpc) is 2.23. The normalized spacial score (nSPS) is 24.7. The van der Waals surface area contributed by atoms with Gasteiger partial charge in [-0.15, -0.1) is 0 Å². The highest BCUT2D eigenvalue weighted by Crippen LogP contribution is 2.26. The van der Waals surface area contributed by atoms with Gasteiger partial charge in [-0.3, -0.25) is 0 Å². The molecular formula is C12H16INO. The standard InChI is InChI=1S/C12H16INO/c1-14-10-6-12(7-10)15-11-4-2-9(8-13)3-5-11/h2-5,10,12,14H,6-8H2,1H3. The Kier molecular flexibility index (Phi) is 3.86. The van der Waals surface area contributed by atoms with Gasteiger partial charge in [0.25, 0.3) is 0 Å². The number of nitrogens with one attached hydrogen (secondary N) is 1. The summed E-state index contributed by atoms with van der Waals surface area (Å²) < 4.78 is 6.90. The molecule has 3 heteroatoms. The first-order chi connectivity index (χ1) is 7.31. The zero-order valence-electron chi connectivity index (χ0n) is 8.87. The Morgan fingerprint density at radius 2 is 2.00 bits per heavy atom. The molecule has 1 aromatic carbocycles. The molecule has 0 heterocycles. The van der Waals surface area contributed by atoms with E-state index in [1.165, 1.54) is 5.56 Å². The maximum atomic E-state index is 5.84. The van der Waals surface area contributed by atoms with E-state index in [0.717, 1.165) is 23.0 Å². The number of benzene rings is 1. The number of halogens is 1. The van der Waals surface area contributed by atoms with E-state index in [1.807, 2.05) is 7.05 Å². The van der Waals surface area contributed by atoms with Gasteiger partial charge in [0.2, 0.25) is 0 Å². The van der Waals surface area contributed by atoms with Crippen LogP contribution >= 0.6 is 22.6 Å². The van der Waals surface area contributed by atoms with Crippen molar-refractivity contribution in [3.8, 4) is 5.75 Å². The fourth-order valence-electron chi connectivity index (χ4n) is 1.75. The van der Waals surface area contributed by atoms with Crippen LogP contribution in [0.5, 0.6) is 5.75 Å². The zero-order chi connectivity index (χ0) is 10.7. The largest absolute Gasteiger partial charge is 0.490 e. The van der Waals surface area contributed by atoms with Crippen LogP contribution in [0.25, 0.3) is 0 Å². The molecule has 1 aromatic rings. The highest BCUT2D eigenvalue weighted by atomic mass is 127. The molecule has 1 saturated carbocycles. The average molecular weight is 317 g/mol. The molecule has 1 N–H and O–H groups in total. The first-order valence-electron chi connectivity index (χ1n) is 5.30. The second-order valence-corrected chi connectivity index (χ2v) is 4.74. The van der Waals surface area contributed by atoms with Crippen LogP contribution in [0.1, 0.15) is 18.4 Å². The minimum atomic E-state index is 0.410. The van der Waals surface area contributed by atoms with E-state index in [1.54, 1.807) is 0 Å². The van der Waals surface area contributed by atoms with Crippen molar-refractivity contribution in [3.63, 3.8) is 0 Å². The van der Waals surface area contributed by atoms with Crippen molar-refractivity contribution in [1.29, 1.82) is 0 Å². The van der Waals surface area contributed by atoms with Crippen molar-refractivity contribution < 1.29 is 4.74 Å². The minimum absolute atomic E-state index is 0.410. The van der Waals surface area contributed by atoms with Crippen molar-refractivity contribution in [1.82, 2.24) is 5.32 Å². The first kappa shape index (κ1) is 11.2. The summed E-state index contributed by atoms with van der Waals surface area (Å²) in [6, 6.07) is 9.07. The Morgan fingerprint density at radius 3 is 2.53 bits per heavy atom. The lowest BCUT2D eigenvalue weighted by Gasteiger charge is -2.35. The summed E-state index contributed by atoms with van der Waals surface area (Å²) in [5.74, 6) is 1.00. The van der Waals surface area contributed by atoms with Crippen LogP contribution in [0.15, 0.2) is 24.3 Å². The van der Waals surface area contributed by atoms with Gasteiger partial charge in [0.15, 0.2) is 0 Å². The van der Waals surface area contributed by atoms with Gasteiger partial charge in [0, 0.05) is 10.5 Å². The summed E-state index contributed by atoms with van der Waals surface area (Å²) in [5, 5.41) is 3.25. The highest BCUT2D eigenvalue weighted by Gasteiger charge is 2.29. The Hall–Kier alpha value is -0.290. The molecule has 0 spiro atoms. The zero-order valence-corrected chi connectivity index (χ0v) is 11.0. The third-order valence-electron chi connectivity index (χ3n) is 2.88. The monoisotopic (exact) mass is 317 g/mol. The number of ether oxygens (including phenoxy) is 1. The predicted molar refractivity (Wildman–Crippen MR) is 70.7 cm³/mol. The summed E-state index contributed by atoms with van der Waals surface area (Å²) in [4.78, 5) is 0. The van der Waals surface area contributed by atoms with Crippen LogP contribution in [0, 0.1) is 0 Å². The van der Waals surface area contributed by atoms with E-state index in [0.29, 0.717) is 12.1 Å².